The Labute approximate surface area is 194 Å². The molecular formula is C22H19F5N6O2. The van der Waals surface area contributed by atoms with Crippen LogP contribution in [0.5, 0.6) is 0 Å². The number of hydrogen-bond acceptors (Lipinski definition) is 5. The molecule has 0 saturated carbocycles. The van der Waals surface area contributed by atoms with Crippen molar-refractivity contribution < 1.29 is 31.9 Å². The predicted octanol–water partition coefficient (Wildman–Crippen LogP) is 3.60. The zero-order valence-electron chi connectivity index (χ0n) is 18.1. The quantitative estimate of drug-likeness (QED) is 0.429. The molecule has 0 spiro atoms. The summed E-state index contributed by atoms with van der Waals surface area (Å²) in [7, 11) is 0. The summed E-state index contributed by atoms with van der Waals surface area (Å²) in [6, 6.07) is 1.80. The summed E-state index contributed by atoms with van der Waals surface area (Å²) in [5.41, 5.74) is -0.566. The molecule has 184 valence electrons. The van der Waals surface area contributed by atoms with Crippen molar-refractivity contribution >= 4 is 22.5 Å². The average Bonchev–Trinajstić information content (AvgIpc) is 3.44. The van der Waals surface area contributed by atoms with E-state index in [-0.39, 0.29) is 46.2 Å². The number of aromatic nitrogens is 5. The van der Waals surface area contributed by atoms with E-state index in [0.29, 0.717) is 30.3 Å². The Balaban J connectivity index is 1.64. The highest BCUT2D eigenvalue weighted by molar-refractivity contribution is 5.99. The number of carbonyl (C=O) groups excluding carboxylic acids is 1. The van der Waals surface area contributed by atoms with Crippen LogP contribution in [-0.4, -0.2) is 66.2 Å². The number of carbonyl (C=O) groups is 1. The van der Waals surface area contributed by atoms with Gasteiger partial charge in [-0.1, -0.05) is 0 Å². The number of hydrogen-bond donors (Lipinski definition) is 1. The van der Waals surface area contributed by atoms with Crippen molar-refractivity contribution in [1.29, 1.82) is 0 Å². The fraction of sp³-hybridized carbons (Fsp3) is 0.364. The zero-order valence-corrected chi connectivity index (χ0v) is 18.1. The van der Waals surface area contributed by atoms with E-state index in [2.05, 4.69) is 15.1 Å². The molecule has 0 aliphatic carbocycles. The van der Waals surface area contributed by atoms with Crippen LogP contribution in [0.2, 0.25) is 0 Å². The van der Waals surface area contributed by atoms with Crippen molar-refractivity contribution in [3.8, 4) is 11.4 Å². The maximum absolute atomic E-state index is 14.5. The Bertz CT molecular complexity index is 1420. The highest BCUT2D eigenvalue weighted by Crippen LogP contribution is 2.33. The van der Waals surface area contributed by atoms with Gasteiger partial charge in [-0.15, -0.1) is 0 Å². The Morgan fingerprint density at radius 3 is 2.71 bits per heavy atom. The Morgan fingerprint density at radius 1 is 1.17 bits per heavy atom. The highest BCUT2D eigenvalue weighted by Gasteiger charge is 2.30. The molecule has 1 aliphatic rings. The largest absolute Gasteiger partial charge is 0.396 e. The zero-order chi connectivity index (χ0) is 24.9. The van der Waals surface area contributed by atoms with Crippen LogP contribution < -0.4 is 0 Å². The standard InChI is InChI=1S/C22H19F5N6O2/c23-12-4-14(24)21-29-7-17(32(21)9-12)18-13-6-28-15(5-16(13)33(30-18)20(27)19(25)26)22(35)31-3-1-2-11(8-31)10-34/h4-7,9,11,19-20,34H,1-3,8,10H2. The van der Waals surface area contributed by atoms with E-state index in [0.717, 1.165) is 29.3 Å². The van der Waals surface area contributed by atoms with Crippen LogP contribution in [-0.2, 0) is 0 Å². The highest BCUT2D eigenvalue weighted by atomic mass is 19.3. The maximum atomic E-state index is 14.5. The smallest absolute Gasteiger partial charge is 0.289 e. The van der Waals surface area contributed by atoms with Gasteiger partial charge in [0.25, 0.3) is 18.6 Å². The fourth-order valence-corrected chi connectivity index (χ4v) is 4.38. The monoisotopic (exact) mass is 494 g/mol. The number of imidazole rings is 1. The first-order valence-corrected chi connectivity index (χ1v) is 10.8. The molecule has 4 aromatic rings. The molecule has 8 nitrogen and oxygen atoms in total. The van der Waals surface area contributed by atoms with Gasteiger partial charge >= 0.3 is 0 Å². The molecule has 2 unspecified atom stereocenters. The van der Waals surface area contributed by atoms with Gasteiger partial charge in [0.15, 0.2) is 11.5 Å². The summed E-state index contributed by atoms with van der Waals surface area (Å²) in [6.07, 6.45) is -1.56. The second kappa shape index (κ2) is 8.87. The third-order valence-electron chi connectivity index (χ3n) is 6.09. The molecule has 1 saturated heterocycles. The number of fused-ring (bicyclic) bond motifs is 2. The van der Waals surface area contributed by atoms with Crippen LogP contribution in [0.1, 0.15) is 29.6 Å². The van der Waals surface area contributed by atoms with E-state index in [1.165, 1.54) is 11.1 Å². The van der Waals surface area contributed by atoms with Gasteiger partial charge in [-0.3, -0.25) is 14.2 Å². The summed E-state index contributed by atoms with van der Waals surface area (Å²) >= 11 is 0. The van der Waals surface area contributed by atoms with E-state index in [9.17, 15) is 31.9 Å². The van der Waals surface area contributed by atoms with Crippen LogP contribution >= 0.6 is 0 Å². The van der Waals surface area contributed by atoms with Gasteiger partial charge in [0.05, 0.1) is 17.4 Å². The second-order valence-electron chi connectivity index (χ2n) is 8.37. The van der Waals surface area contributed by atoms with Crippen LogP contribution in [0, 0.1) is 17.6 Å². The molecule has 1 fully saturated rings. The summed E-state index contributed by atoms with van der Waals surface area (Å²) < 4.78 is 70.6. The van der Waals surface area contributed by atoms with Crippen molar-refractivity contribution in [2.45, 2.75) is 25.6 Å². The summed E-state index contributed by atoms with van der Waals surface area (Å²) in [5, 5.41) is 13.5. The SMILES string of the molecule is O=C(c1cc2c(cn1)c(-c1cnc3c(F)cc(F)cn13)nn2C(F)C(F)F)N1CCCC(CO)C1. The minimum Gasteiger partial charge on any atom is -0.396 e. The normalized spacial score (nSPS) is 17.6. The topological polar surface area (TPSA) is 88.6 Å². The summed E-state index contributed by atoms with van der Waals surface area (Å²) in [4.78, 5) is 22.5. The van der Waals surface area contributed by atoms with Gasteiger partial charge in [-0.05, 0) is 24.8 Å². The van der Waals surface area contributed by atoms with Gasteiger partial charge in [-0.2, -0.15) is 5.10 Å². The molecule has 0 bridgehead atoms. The summed E-state index contributed by atoms with van der Waals surface area (Å²) in [5.74, 6) is -2.45. The van der Waals surface area contributed by atoms with Crippen molar-refractivity contribution in [3.05, 3.63) is 48.1 Å². The summed E-state index contributed by atoms with van der Waals surface area (Å²) in [6.45, 7) is 0.660. The lowest BCUT2D eigenvalue weighted by molar-refractivity contribution is 0.00356. The minimum atomic E-state index is -3.43. The van der Waals surface area contributed by atoms with E-state index < -0.39 is 30.3 Å². The van der Waals surface area contributed by atoms with Crippen LogP contribution in [0.15, 0.2) is 30.7 Å². The lowest BCUT2D eigenvalue weighted by Crippen LogP contribution is -2.41. The van der Waals surface area contributed by atoms with Crippen LogP contribution in [0.25, 0.3) is 27.9 Å². The van der Waals surface area contributed by atoms with Gasteiger partial charge in [-0.25, -0.2) is 31.6 Å². The molecule has 2 atom stereocenters. The van der Waals surface area contributed by atoms with Crippen LogP contribution in [0.4, 0.5) is 22.0 Å². The number of rotatable bonds is 5. The molecule has 1 N–H and O–H groups in total. The average molecular weight is 494 g/mol. The lowest BCUT2D eigenvalue weighted by Gasteiger charge is -2.31. The first kappa shape index (κ1) is 23.1. The van der Waals surface area contributed by atoms with Gasteiger partial charge < -0.3 is 10.0 Å². The molecule has 0 radical (unpaired) electrons. The minimum absolute atomic E-state index is 0.0197. The molecule has 1 amide bonds. The number of pyridine rings is 2. The first-order valence-electron chi connectivity index (χ1n) is 10.8. The van der Waals surface area contributed by atoms with Gasteiger partial charge in [0.1, 0.15) is 17.2 Å². The number of piperidine rings is 1. The molecule has 1 aliphatic heterocycles. The molecule has 5 rings (SSSR count). The number of aliphatic hydroxyl groups is 1. The third-order valence-corrected chi connectivity index (χ3v) is 6.09. The Kier molecular flexibility index (Phi) is 5.87. The predicted molar refractivity (Wildman–Crippen MR) is 113 cm³/mol. The number of halogens is 5. The molecule has 4 aromatic heterocycles. The molecule has 5 heterocycles. The Morgan fingerprint density at radius 2 is 1.97 bits per heavy atom. The van der Waals surface area contributed by atoms with E-state index in [1.54, 1.807) is 0 Å². The van der Waals surface area contributed by atoms with Crippen molar-refractivity contribution in [2.75, 3.05) is 19.7 Å². The first-order chi connectivity index (χ1) is 16.8. The van der Waals surface area contributed by atoms with Crippen molar-refractivity contribution in [3.63, 3.8) is 0 Å². The molecule has 0 aromatic carbocycles. The van der Waals surface area contributed by atoms with Crippen molar-refractivity contribution in [2.24, 2.45) is 5.92 Å². The third kappa shape index (κ3) is 3.99. The van der Waals surface area contributed by atoms with Gasteiger partial charge in [0.2, 0.25) is 0 Å². The molecule has 35 heavy (non-hydrogen) atoms. The number of nitrogens with zero attached hydrogens (tertiary/aromatic N) is 6. The maximum Gasteiger partial charge on any atom is 0.289 e. The van der Waals surface area contributed by atoms with Crippen LogP contribution in [0.3, 0.4) is 0 Å². The second-order valence-corrected chi connectivity index (χ2v) is 8.37. The molecule has 13 heteroatoms. The van der Waals surface area contributed by atoms with Crippen molar-refractivity contribution in [1.82, 2.24) is 29.0 Å². The lowest BCUT2D eigenvalue weighted by atomic mass is 9.99. The molecular weight excluding hydrogens is 475 g/mol. The van der Waals surface area contributed by atoms with E-state index in [1.807, 2.05) is 0 Å². The van der Waals surface area contributed by atoms with E-state index in [4.69, 9.17) is 0 Å². The Hall–Kier alpha value is -3.61. The number of aliphatic hydroxyl groups excluding tert-OH is 1. The number of alkyl halides is 3. The van der Waals surface area contributed by atoms with Gasteiger partial charge in [0, 0.05) is 43.5 Å². The van der Waals surface area contributed by atoms with E-state index >= 15 is 0 Å². The number of likely N-dealkylation sites (tertiary alicyclic amines) is 1. The fourth-order valence-electron chi connectivity index (χ4n) is 4.38. The number of amides is 1.